The molecule has 0 unspecified atom stereocenters. The molecule has 0 saturated carbocycles. The van der Waals surface area contributed by atoms with Crippen LogP contribution in [0.5, 0.6) is 0 Å². The number of nitrogens with zero attached hydrogens (tertiary/aromatic N) is 2. The lowest BCUT2D eigenvalue weighted by Crippen LogP contribution is -2.40. The molecule has 2 atom stereocenters. The van der Waals surface area contributed by atoms with Gasteiger partial charge in [0.05, 0.1) is 18.1 Å². The minimum Gasteiger partial charge on any atom is -0.463 e. The monoisotopic (exact) mass is 416 g/mol. The second-order valence-electron chi connectivity index (χ2n) is 8.17. The maximum atomic E-state index is 12.7. The smallest absolute Gasteiger partial charge is 0.336 e. The van der Waals surface area contributed by atoms with Crippen molar-refractivity contribution < 1.29 is 24.2 Å². The van der Waals surface area contributed by atoms with Crippen molar-refractivity contribution in [3.8, 4) is 5.82 Å². The Labute approximate surface area is 178 Å². The van der Waals surface area contributed by atoms with E-state index in [4.69, 9.17) is 14.5 Å². The molecule has 0 bridgehead atoms. The highest BCUT2D eigenvalue weighted by molar-refractivity contribution is 5.84. The van der Waals surface area contributed by atoms with E-state index in [-0.39, 0.29) is 12.5 Å². The molecule has 0 fully saturated rings. The van der Waals surface area contributed by atoms with Crippen LogP contribution >= 0.6 is 0 Å². The van der Waals surface area contributed by atoms with Gasteiger partial charge in [-0.05, 0) is 78.3 Å². The number of pyridine rings is 1. The molecule has 0 radical (unpaired) electrons. The third kappa shape index (κ3) is 5.92. The molecule has 164 valence electrons. The number of esters is 2. The number of aliphatic hydroxyl groups is 1. The maximum absolute atomic E-state index is 12.7. The van der Waals surface area contributed by atoms with Crippen molar-refractivity contribution in [2.24, 2.45) is 5.92 Å². The summed E-state index contributed by atoms with van der Waals surface area (Å²) in [6.07, 6.45) is -2.37. The van der Waals surface area contributed by atoms with E-state index in [9.17, 15) is 14.7 Å². The first-order valence-electron chi connectivity index (χ1n) is 10.2. The molecule has 2 heterocycles. The van der Waals surface area contributed by atoms with Crippen LogP contribution in [0.2, 0.25) is 0 Å². The van der Waals surface area contributed by atoms with Gasteiger partial charge in [-0.25, -0.2) is 9.78 Å². The van der Waals surface area contributed by atoms with Crippen LogP contribution in [0.15, 0.2) is 24.3 Å². The summed E-state index contributed by atoms with van der Waals surface area (Å²) < 4.78 is 12.4. The molecule has 0 aliphatic carbocycles. The lowest BCUT2D eigenvalue weighted by Gasteiger charge is -2.23. The Morgan fingerprint density at radius 1 is 0.967 bits per heavy atom. The van der Waals surface area contributed by atoms with Crippen molar-refractivity contribution in [2.75, 3.05) is 0 Å². The van der Waals surface area contributed by atoms with E-state index in [1.54, 1.807) is 27.7 Å². The molecule has 1 N–H and O–H groups in total. The van der Waals surface area contributed by atoms with Crippen LogP contribution in [0.3, 0.4) is 0 Å². The topological polar surface area (TPSA) is 90.7 Å². The number of carbonyl (C=O) groups is 2. The van der Waals surface area contributed by atoms with Crippen molar-refractivity contribution in [2.45, 2.75) is 73.2 Å². The number of hydrogen-bond acceptors (Lipinski definition) is 6. The van der Waals surface area contributed by atoms with Crippen molar-refractivity contribution >= 4 is 11.9 Å². The van der Waals surface area contributed by atoms with Gasteiger partial charge in [-0.3, -0.25) is 4.79 Å². The van der Waals surface area contributed by atoms with E-state index in [2.05, 4.69) is 0 Å². The number of ether oxygens (including phenoxy) is 2. The Hall–Kier alpha value is -2.67. The predicted octanol–water partition coefficient (Wildman–Crippen LogP) is 3.22. The van der Waals surface area contributed by atoms with Gasteiger partial charge >= 0.3 is 11.9 Å². The van der Waals surface area contributed by atoms with Gasteiger partial charge in [0.2, 0.25) is 0 Å². The second kappa shape index (κ2) is 9.89. The molecule has 7 heteroatoms. The number of aromatic nitrogens is 2. The van der Waals surface area contributed by atoms with E-state index in [1.165, 1.54) is 0 Å². The highest BCUT2D eigenvalue weighted by atomic mass is 16.6. The zero-order valence-electron chi connectivity index (χ0n) is 18.8. The summed E-state index contributed by atoms with van der Waals surface area (Å²) in [6, 6.07) is 7.81. The minimum absolute atomic E-state index is 0.0496. The molecule has 0 aromatic carbocycles. The first kappa shape index (κ1) is 23.6. The summed E-state index contributed by atoms with van der Waals surface area (Å²) in [5, 5.41) is 10.6. The molecule has 30 heavy (non-hydrogen) atoms. The van der Waals surface area contributed by atoms with E-state index in [1.807, 2.05) is 49.6 Å². The van der Waals surface area contributed by atoms with Crippen LogP contribution in [-0.4, -0.2) is 44.9 Å². The highest BCUT2D eigenvalue weighted by Gasteiger charge is 2.36. The largest absolute Gasteiger partial charge is 0.463 e. The Morgan fingerprint density at radius 2 is 1.50 bits per heavy atom. The number of aryl methyl sites for hydroxylation is 3. The molecule has 2 rings (SSSR count). The van der Waals surface area contributed by atoms with Gasteiger partial charge in [0.15, 0.2) is 6.10 Å². The van der Waals surface area contributed by atoms with E-state index >= 15 is 0 Å². The normalized spacial score (nSPS) is 13.4. The molecule has 0 spiro atoms. The molecular formula is C23H32N2O5. The molecule has 0 saturated heterocycles. The van der Waals surface area contributed by atoms with Gasteiger partial charge in [-0.1, -0.05) is 0 Å². The molecular weight excluding hydrogens is 384 g/mol. The zero-order chi connectivity index (χ0) is 22.6. The number of hydrogen-bond donors (Lipinski definition) is 1. The van der Waals surface area contributed by atoms with Crippen molar-refractivity contribution in [3.05, 3.63) is 46.9 Å². The van der Waals surface area contributed by atoms with Crippen molar-refractivity contribution in [3.63, 3.8) is 0 Å². The first-order valence-corrected chi connectivity index (χ1v) is 10.2. The summed E-state index contributed by atoms with van der Waals surface area (Å²) in [5.41, 5.74) is 3.61. The van der Waals surface area contributed by atoms with Gasteiger partial charge in [-0.2, -0.15) is 0 Å². The van der Waals surface area contributed by atoms with Gasteiger partial charge in [0, 0.05) is 23.5 Å². The molecule has 2 aromatic heterocycles. The molecule has 7 nitrogen and oxygen atoms in total. The lowest BCUT2D eigenvalue weighted by atomic mass is 9.95. The molecule has 0 aliphatic rings. The van der Waals surface area contributed by atoms with Gasteiger partial charge in [0.25, 0.3) is 0 Å². The third-order valence-corrected chi connectivity index (χ3v) is 4.57. The zero-order valence-corrected chi connectivity index (χ0v) is 18.8. The van der Waals surface area contributed by atoms with Crippen LogP contribution in [-0.2, 0) is 25.5 Å². The highest BCUT2D eigenvalue weighted by Crippen LogP contribution is 2.21. The average molecular weight is 417 g/mol. The lowest BCUT2D eigenvalue weighted by molar-refractivity contribution is -0.170. The van der Waals surface area contributed by atoms with E-state index in [0.717, 1.165) is 22.8 Å². The van der Waals surface area contributed by atoms with Gasteiger partial charge in [-0.15, -0.1) is 0 Å². The predicted molar refractivity (Wildman–Crippen MR) is 113 cm³/mol. The Bertz CT molecular complexity index is 881. The summed E-state index contributed by atoms with van der Waals surface area (Å²) in [4.78, 5) is 29.6. The van der Waals surface area contributed by atoms with Crippen LogP contribution in [0.25, 0.3) is 5.82 Å². The van der Waals surface area contributed by atoms with Crippen LogP contribution < -0.4 is 0 Å². The fourth-order valence-corrected chi connectivity index (χ4v) is 3.30. The average Bonchev–Trinajstić information content (AvgIpc) is 2.95. The van der Waals surface area contributed by atoms with Crippen molar-refractivity contribution in [1.82, 2.24) is 9.55 Å². The summed E-state index contributed by atoms with van der Waals surface area (Å²) in [5.74, 6) is -1.90. The van der Waals surface area contributed by atoms with E-state index in [0.29, 0.717) is 5.69 Å². The molecule has 0 aliphatic heterocycles. The molecule has 2 aromatic rings. The maximum Gasteiger partial charge on any atom is 0.336 e. The number of aliphatic hydroxyl groups excluding tert-OH is 1. The second-order valence-corrected chi connectivity index (χ2v) is 8.17. The van der Waals surface area contributed by atoms with Crippen LogP contribution in [0, 0.1) is 26.7 Å². The third-order valence-electron chi connectivity index (χ3n) is 4.57. The quantitative estimate of drug-likeness (QED) is 0.665. The summed E-state index contributed by atoms with van der Waals surface area (Å²) in [6.45, 7) is 12.7. The minimum atomic E-state index is -1.64. The Kier molecular flexibility index (Phi) is 7.78. The number of carbonyl (C=O) groups excluding carboxylic acids is 2. The van der Waals surface area contributed by atoms with Crippen LogP contribution in [0.4, 0.5) is 0 Å². The standard InChI is InChI=1S/C23H32N2O5/c1-13(2)29-22(27)19(21(26)23(28)30-14(3)4)12-18-10-15(5)11-20(24-18)25-16(6)8-9-17(25)7/h8-11,13-14,19,21,26H,12H2,1-7H3/t19-,21+/m0/s1. The fraction of sp³-hybridized carbons (Fsp3) is 0.522. The Morgan fingerprint density at radius 3 is 2.03 bits per heavy atom. The van der Waals surface area contributed by atoms with E-state index < -0.39 is 30.1 Å². The van der Waals surface area contributed by atoms with Crippen molar-refractivity contribution in [1.29, 1.82) is 0 Å². The van der Waals surface area contributed by atoms with Gasteiger partial charge < -0.3 is 19.1 Å². The number of rotatable bonds is 8. The fourth-order valence-electron chi connectivity index (χ4n) is 3.30. The Balaban J connectivity index is 2.39. The van der Waals surface area contributed by atoms with Crippen LogP contribution in [0.1, 0.15) is 50.3 Å². The summed E-state index contributed by atoms with van der Waals surface area (Å²) in [7, 11) is 0. The SMILES string of the molecule is Cc1cc(C[C@H](C(=O)OC(C)C)[C@@H](O)C(=O)OC(C)C)nc(-n2c(C)ccc2C)c1. The first-order chi connectivity index (χ1) is 14.0. The summed E-state index contributed by atoms with van der Waals surface area (Å²) >= 11 is 0. The molecule has 0 amide bonds. The van der Waals surface area contributed by atoms with Gasteiger partial charge in [0.1, 0.15) is 5.82 Å².